The number of nitriles is 1. The van der Waals surface area contributed by atoms with E-state index in [0.29, 0.717) is 5.56 Å². The van der Waals surface area contributed by atoms with Crippen LogP contribution in [0.2, 0.25) is 25.1 Å². The molecule has 23 heavy (non-hydrogen) atoms. The first-order valence-corrected chi connectivity index (χ1v) is 7.95. The third-order valence-electron chi connectivity index (χ3n) is 2.87. The van der Waals surface area contributed by atoms with Crippen molar-refractivity contribution >= 4 is 64.0 Å². The highest BCUT2D eigenvalue weighted by molar-refractivity contribution is 6.55. The molecule has 3 nitrogen and oxygen atoms in total. The van der Waals surface area contributed by atoms with Gasteiger partial charge in [-0.25, -0.2) is 4.79 Å². The summed E-state index contributed by atoms with van der Waals surface area (Å²) in [4.78, 5) is 12.3. The number of benzene rings is 2. The fraction of sp³-hybridized carbons (Fsp3) is 0.0667. The largest absolute Gasteiger partial charge is 0.422 e. The molecule has 0 bridgehead atoms. The second-order valence-electron chi connectivity index (χ2n) is 4.29. The molecule has 0 fully saturated rings. The SMILES string of the molecule is N#CC(C(=O)Oc1c(Cl)c(Cl)c(Cl)c(Cl)c1Cl)c1ccccc1. The van der Waals surface area contributed by atoms with Gasteiger partial charge in [-0.3, -0.25) is 0 Å². The van der Waals surface area contributed by atoms with Crippen LogP contribution in [-0.2, 0) is 4.79 Å². The van der Waals surface area contributed by atoms with Gasteiger partial charge < -0.3 is 4.74 Å². The number of hydrogen-bond acceptors (Lipinski definition) is 3. The molecule has 118 valence electrons. The van der Waals surface area contributed by atoms with E-state index in [9.17, 15) is 10.1 Å². The summed E-state index contributed by atoms with van der Waals surface area (Å²) in [6, 6.07) is 10.3. The fourth-order valence-corrected chi connectivity index (χ4v) is 2.94. The maximum Gasteiger partial charge on any atom is 0.333 e. The molecule has 0 heterocycles. The van der Waals surface area contributed by atoms with Crippen molar-refractivity contribution in [2.45, 2.75) is 5.92 Å². The molecule has 0 amide bonds. The Balaban J connectivity index is 2.40. The summed E-state index contributed by atoms with van der Waals surface area (Å²) in [7, 11) is 0. The number of nitrogens with zero attached hydrogens (tertiary/aromatic N) is 1. The van der Waals surface area contributed by atoms with Gasteiger partial charge in [0.05, 0.1) is 21.1 Å². The molecule has 0 saturated heterocycles. The first-order valence-electron chi connectivity index (χ1n) is 6.06. The van der Waals surface area contributed by atoms with Gasteiger partial charge in [0.15, 0.2) is 11.7 Å². The number of halogens is 5. The van der Waals surface area contributed by atoms with Gasteiger partial charge in [-0.1, -0.05) is 88.3 Å². The van der Waals surface area contributed by atoms with Crippen LogP contribution >= 0.6 is 58.0 Å². The monoisotopic (exact) mass is 407 g/mol. The average molecular weight is 409 g/mol. The van der Waals surface area contributed by atoms with Crippen molar-refractivity contribution in [3.05, 3.63) is 61.0 Å². The van der Waals surface area contributed by atoms with Crippen molar-refractivity contribution in [1.29, 1.82) is 5.26 Å². The lowest BCUT2D eigenvalue weighted by Crippen LogP contribution is -2.18. The first-order chi connectivity index (χ1) is 10.9. The molecule has 0 saturated carbocycles. The molecule has 0 N–H and O–H groups in total. The van der Waals surface area contributed by atoms with E-state index in [-0.39, 0.29) is 30.9 Å². The van der Waals surface area contributed by atoms with Crippen LogP contribution in [0.4, 0.5) is 0 Å². The Hall–Kier alpha value is -1.15. The van der Waals surface area contributed by atoms with E-state index >= 15 is 0 Å². The summed E-state index contributed by atoms with van der Waals surface area (Å²) in [5, 5.41) is 8.65. The Morgan fingerprint density at radius 2 is 1.39 bits per heavy atom. The van der Waals surface area contributed by atoms with Crippen LogP contribution in [0.15, 0.2) is 30.3 Å². The van der Waals surface area contributed by atoms with Gasteiger partial charge in [0.2, 0.25) is 0 Å². The van der Waals surface area contributed by atoms with Crippen molar-refractivity contribution in [1.82, 2.24) is 0 Å². The van der Waals surface area contributed by atoms with E-state index < -0.39 is 11.9 Å². The molecule has 2 rings (SSSR count). The molecule has 0 aromatic heterocycles. The summed E-state index contributed by atoms with van der Waals surface area (Å²) >= 11 is 29.7. The minimum Gasteiger partial charge on any atom is -0.422 e. The molecule has 8 heteroatoms. The minimum absolute atomic E-state index is 0.0528. The molecule has 0 aliphatic rings. The van der Waals surface area contributed by atoms with Crippen molar-refractivity contribution in [2.75, 3.05) is 0 Å². The normalized spacial score (nSPS) is 11.7. The molecule has 2 aromatic carbocycles. The number of rotatable bonds is 3. The summed E-state index contributed by atoms with van der Waals surface area (Å²) < 4.78 is 5.15. The van der Waals surface area contributed by atoms with Crippen molar-refractivity contribution in [2.24, 2.45) is 0 Å². The molecule has 1 atom stereocenters. The molecule has 0 aliphatic heterocycles. The van der Waals surface area contributed by atoms with Crippen molar-refractivity contribution in [3.63, 3.8) is 0 Å². The molecule has 0 radical (unpaired) electrons. The second kappa shape index (κ2) is 7.61. The van der Waals surface area contributed by atoms with E-state index in [1.165, 1.54) is 0 Å². The zero-order valence-electron chi connectivity index (χ0n) is 11.1. The Morgan fingerprint density at radius 3 is 1.87 bits per heavy atom. The highest BCUT2D eigenvalue weighted by Gasteiger charge is 2.27. The van der Waals surface area contributed by atoms with Crippen molar-refractivity contribution in [3.8, 4) is 11.8 Å². The quantitative estimate of drug-likeness (QED) is 0.264. The smallest absolute Gasteiger partial charge is 0.333 e. The Morgan fingerprint density at radius 1 is 0.913 bits per heavy atom. The average Bonchev–Trinajstić information content (AvgIpc) is 2.57. The number of esters is 1. The topological polar surface area (TPSA) is 50.1 Å². The zero-order valence-corrected chi connectivity index (χ0v) is 14.9. The highest BCUT2D eigenvalue weighted by atomic mass is 35.5. The van der Waals surface area contributed by atoms with Gasteiger partial charge >= 0.3 is 5.97 Å². The Kier molecular flexibility index (Phi) is 6.02. The summed E-state index contributed by atoms with van der Waals surface area (Å²) in [6.45, 7) is 0. The van der Waals surface area contributed by atoms with Crippen LogP contribution < -0.4 is 4.74 Å². The Labute approximate surface area is 157 Å². The van der Waals surface area contributed by atoms with Crippen LogP contribution in [0.1, 0.15) is 11.5 Å². The zero-order chi connectivity index (χ0) is 17.1. The van der Waals surface area contributed by atoms with E-state index in [0.717, 1.165) is 0 Å². The van der Waals surface area contributed by atoms with Crippen molar-refractivity contribution < 1.29 is 9.53 Å². The minimum atomic E-state index is -1.16. The number of ether oxygens (including phenoxy) is 1. The maximum absolute atomic E-state index is 12.3. The van der Waals surface area contributed by atoms with Crippen LogP contribution in [0, 0.1) is 11.3 Å². The number of carbonyl (C=O) groups excluding carboxylic acids is 1. The van der Waals surface area contributed by atoms with E-state index in [2.05, 4.69) is 0 Å². The van der Waals surface area contributed by atoms with Gasteiger partial charge in [-0.2, -0.15) is 5.26 Å². The highest BCUT2D eigenvalue weighted by Crippen LogP contribution is 2.48. The van der Waals surface area contributed by atoms with Crippen LogP contribution in [0.3, 0.4) is 0 Å². The van der Waals surface area contributed by atoms with Gasteiger partial charge in [0.25, 0.3) is 0 Å². The summed E-state index contributed by atoms with van der Waals surface area (Å²) in [5.74, 6) is -2.26. The van der Waals surface area contributed by atoms with Crippen LogP contribution in [-0.4, -0.2) is 5.97 Å². The van der Waals surface area contributed by atoms with Gasteiger partial charge in [0, 0.05) is 0 Å². The lowest BCUT2D eigenvalue weighted by Gasteiger charge is -2.14. The maximum atomic E-state index is 12.3. The first kappa shape index (κ1) is 18.2. The lowest BCUT2D eigenvalue weighted by molar-refractivity contribution is -0.134. The van der Waals surface area contributed by atoms with E-state index in [1.807, 2.05) is 6.07 Å². The lowest BCUT2D eigenvalue weighted by atomic mass is 10.0. The molecular formula is C15H6Cl5NO2. The third-order valence-corrected chi connectivity index (χ3v) is 5.11. The van der Waals surface area contributed by atoms with Gasteiger partial charge in [-0.05, 0) is 5.56 Å². The molecule has 2 aromatic rings. The standard InChI is InChI=1S/C15H6Cl5NO2/c16-9-10(17)12(19)14(13(20)11(9)18)23-15(22)8(6-21)7-4-2-1-3-5-7/h1-5,8H. The van der Waals surface area contributed by atoms with Crippen LogP contribution in [0.5, 0.6) is 5.75 Å². The fourth-order valence-electron chi connectivity index (χ4n) is 1.74. The predicted molar refractivity (Wildman–Crippen MR) is 91.9 cm³/mol. The van der Waals surface area contributed by atoms with E-state index in [1.54, 1.807) is 30.3 Å². The second-order valence-corrected chi connectivity index (χ2v) is 6.18. The van der Waals surface area contributed by atoms with Crippen LogP contribution in [0.25, 0.3) is 0 Å². The molecular weight excluding hydrogens is 403 g/mol. The summed E-state index contributed by atoms with van der Waals surface area (Å²) in [5.41, 5.74) is 0.471. The summed E-state index contributed by atoms with van der Waals surface area (Å²) in [6.07, 6.45) is 0. The molecule has 1 unspecified atom stereocenters. The predicted octanol–water partition coefficient (Wildman–Crippen LogP) is 6.17. The number of carbonyl (C=O) groups is 1. The van der Waals surface area contributed by atoms with Gasteiger partial charge in [-0.15, -0.1) is 0 Å². The Bertz CT molecular complexity index is 773. The molecule has 0 aliphatic carbocycles. The van der Waals surface area contributed by atoms with E-state index in [4.69, 9.17) is 62.7 Å². The van der Waals surface area contributed by atoms with Gasteiger partial charge in [0.1, 0.15) is 10.0 Å². The number of hydrogen-bond donors (Lipinski definition) is 0. The third kappa shape index (κ3) is 3.68. The molecule has 0 spiro atoms.